The Morgan fingerprint density at radius 3 is 2.88 bits per heavy atom. The second-order valence-corrected chi connectivity index (χ2v) is 4.92. The molecule has 8 heteroatoms. The fourth-order valence-electron chi connectivity index (χ4n) is 1.72. The van der Waals surface area contributed by atoms with Gasteiger partial charge in [-0.15, -0.1) is 0 Å². The molecule has 0 spiro atoms. The van der Waals surface area contributed by atoms with E-state index >= 15 is 0 Å². The maximum absolute atomic E-state index is 11.6. The third kappa shape index (κ3) is 2.44. The number of H-pyrrole nitrogens is 1. The average molecular weight is 352 g/mol. The van der Waals surface area contributed by atoms with Gasteiger partial charge in [0.25, 0.3) is 5.56 Å². The van der Waals surface area contributed by atoms with Crippen molar-refractivity contribution in [1.82, 2.24) is 9.55 Å². The number of rotatable bonds is 2. The minimum Gasteiger partial charge on any atom is -0.394 e. The van der Waals surface area contributed by atoms with Crippen molar-refractivity contribution in [3.63, 3.8) is 0 Å². The summed E-state index contributed by atoms with van der Waals surface area (Å²) in [4.78, 5) is 24.9. The first kappa shape index (κ1) is 12.7. The summed E-state index contributed by atoms with van der Waals surface area (Å²) < 4.78 is 6.89. The second kappa shape index (κ2) is 4.88. The lowest BCUT2D eigenvalue weighted by molar-refractivity contribution is -0.0459. The van der Waals surface area contributed by atoms with E-state index in [1.54, 1.807) is 22.6 Å². The molecule has 0 unspecified atom stereocenters. The van der Waals surface area contributed by atoms with Gasteiger partial charge in [0.05, 0.1) is 16.3 Å². The maximum Gasteiger partial charge on any atom is 0.330 e. The highest BCUT2D eigenvalue weighted by Gasteiger charge is 2.34. The molecule has 0 aliphatic carbocycles. The number of halogens is 1. The van der Waals surface area contributed by atoms with Crippen LogP contribution in [0, 0.1) is 3.57 Å². The lowest BCUT2D eigenvalue weighted by Crippen LogP contribution is -2.33. The monoisotopic (exact) mass is 352 g/mol. The average Bonchev–Trinajstić information content (AvgIpc) is 2.65. The number of hydrogen-bond donors (Lipinski definition) is 3. The first-order valence-corrected chi connectivity index (χ1v) is 6.06. The van der Waals surface area contributed by atoms with Crippen molar-refractivity contribution in [3.8, 4) is 0 Å². The molecule has 1 aromatic rings. The van der Waals surface area contributed by atoms with E-state index in [0.29, 0.717) is 3.57 Å². The molecule has 0 amide bonds. The maximum atomic E-state index is 11.6. The van der Waals surface area contributed by atoms with Crippen LogP contribution in [0.2, 0.25) is 0 Å². The largest absolute Gasteiger partial charge is 0.394 e. The summed E-state index contributed by atoms with van der Waals surface area (Å²) in [5.74, 6) is 0. The van der Waals surface area contributed by atoms with Crippen LogP contribution in [0.3, 0.4) is 0 Å². The summed E-state index contributed by atoms with van der Waals surface area (Å²) >= 11 is 1.80. The van der Waals surface area contributed by atoms with Crippen LogP contribution in [-0.2, 0) is 4.74 Å². The number of ether oxygens (including phenoxy) is 1. The molecule has 1 aliphatic heterocycles. The predicted molar refractivity (Wildman–Crippen MR) is 65.7 cm³/mol. The lowest BCUT2D eigenvalue weighted by Gasteiger charge is -2.14. The van der Waals surface area contributed by atoms with Crippen molar-refractivity contribution in [2.24, 2.45) is 0 Å². The van der Waals surface area contributed by atoms with Gasteiger partial charge in [0.2, 0.25) is 0 Å². The third-order valence-electron chi connectivity index (χ3n) is 2.62. The zero-order chi connectivity index (χ0) is 12.6. The molecule has 94 valence electrons. The molecule has 0 aromatic carbocycles. The fraction of sp³-hybridized carbons (Fsp3) is 0.556. The van der Waals surface area contributed by atoms with Gasteiger partial charge >= 0.3 is 5.69 Å². The summed E-state index contributed by atoms with van der Waals surface area (Å²) in [6, 6.07) is 0. The number of aromatic amines is 1. The van der Waals surface area contributed by atoms with Gasteiger partial charge in [0.15, 0.2) is 0 Å². The lowest BCUT2D eigenvalue weighted by atomic mass is 10.2. The quantitative estimate of drug-likeness (QED) is 0.579. The van der Waals surface area contributed by atoms with E-state index in [1.807, 2.05) is 0 Å². The summed E-state index contributed by atoms with van der Waals surface area (Å²) in [5, 5.41) is 18.5. The summed E-state index contributed by atoms with van der Waals surface area (Å²) in [5.41, 5.74) is -1.05. The van der Waals surface area contributed by atoms with E-state index in [1.165, 1.54) is 10.8 Å². The Balaban J connectivity index is 2.34. The second-order valence-electron chi connectivity index (χ2n) is 3.76. The van der Waals surface area contributed by atoms with Gasteiger partial charge in [-0.3, -0.25) is 14.3 Å². The van der Waals surface area contributed by atoms with E-state index in [9.17, 15) is 14.7 Å². The van der Waals surface area contributed by atoms with Crippen LogP contribution < -0.4 is 11.2 Å². The number of aliphatic hydroxyl groups excluding tert-OH is 2. The summed E-state index contributed by atoms with van der Waals surface area (Å²) in [6.45, 7) is -0.313. The number of hydrogen-bond acceptors (Lipinski definition) is 5. The van der Waals surface area contributed by atoms with Crippen molar-refractivity contribution in [2.45, 2.75) is 24.9 Å². The van der Waals surface area contributed by atoms with Gasteiger partial charge < -0.3 is 14.9 Å². The van der Waals surface area contributed by atoms with Crippen LogP contribution in [0.1, 0.15) is 12.6 Å². The number of nitrogens with one attached hydrogen (secondary N) is 1. The highest BCUT2D eigenvalue weighted by Crippen LogP contribution is 2.27. The Bertz CT molecular complexity index is 525. The molecule has 17 heavy (non-hydrogen) atoms. The predicted octanol–water partition coefficient (Wildman–Crippen LogP) is -1.22. The summed E-state index contributed by atoms with van der Waals surface area (Å²) in [6.07, 6.45) is -0.607. The third-order valence-corrected chi connectivity index (χ3v) is 3.39. The molecule has 0 saturated carbocycles. The topological polar surface area (TPSA) is 105 Å². The SMILES string of the molecule is O=c1[nH]c(=O)n([C@H]2C[C@@H](O)[C@@H](CO)O2)cc1[125I]. The molecular weight excluding hydrogens is 341 g/mol. The van der Waals surface area contributed by atoms with E-state index in [2.05, 4.69) is 4.98 Å². The Morgan fingerprint density at radius 1 is 1.59 bits per heavy atom. The van der Waals surface area contributed by atoms with E-state index in [0.717, 1.165) is 0 Å². The van der Waals surface area contributed by atoms with Crippen molar-refractivity contribution in [3.05, 3.63) is 30.6 Å². The van der Waals surface area contributed by atoms with Crippen LogP contribution in [0.25, 0.3) is 0 Å². The Morgan fingerprint density at radius 2 is 2.29 bits per heavy atom. The zero-order valence-corrected chi connectivity index (χ0v) is 10.8. The van der Waals surface area contributed by atoms with Gasteiger partial charge in [0.1, 0.15) is 12.3 Å². The van der Waals surface area contributed by atoms with Crippen molar-refractivity contribution in [1.29, 1.82) is 0 Å². The van der Waals surface area contributed by atoms with Gasteiger partial charge in [0, 0.05) is 12.6 Å². The fourth-order valence-corrected chi connectivity index (χ4v) is 2.16. The molecule has 1 aromatic heterocycles. The molecule has 3 N–H and O–H groups in total. The standard InChI is InChI=1S/C9H11IN2O5/c10-4-2-12(9(16)11-8(4)15)7-1-5(14)6(3-13)17-7/h2,5-7,13-14H,1,3H2,(H,11,15,16)/t5-,6-,7-/m1/s1/i10-2. The van der Waals surface area contributed by atoms with Crippen LogP contribution in [0.4, 0.5) is 0 Å². The highest BCUT2D eigenvalue weighted by atomic mass is 125. The van der Waals surface area contributed by atoms with Crippen molar-refractivity contribution in [2.75, 3.05) is 6.61 Å². The van der Waals surface area contributed by atoms with Crippen LogP contribution in [0.15, 0.2) is 15.8 Å². The van der Waals surface area contributed by atoms with Gasteiger partial charge in [-0.2, -0.15) is 0 Å². The van der Waals surface area contributed by atoms with Gasteiger partial charge in [-0.1, -0.05) is 0 Å². The minimum atomic E-state index is -0.818. The molecule has 1 aliphatic rings. The Hall–Kier alpha value is -0.710. The zero-order valence-electron chi connectivity index (χ0n) is 8.67. The molecule has 3 atom stereocenters. The van der Waals surface area contributed by atoms with Crippen LogP contribution in [0.5, 0.6) is 0 Å². The van der Waals surface area contributed by atoms with Crippen molar-refractivity contribution < 1.29 is 14.9 Å². The Kier molecular flexibility index (Phi) is 3.66. The Labute approximate surface area is 109 Å². The smallest absolute Gasteiger partial charge is 0.330 e. The van der Waals surface area contributed by atoms with E-state index in [4.69, 9.17) is 9.84 Å². The van der Waals surface area contributed by atoms with Crippen molar-refractivity contribution >= 4 is 22.6 Å². The molecule has 7 nitrogen and oxygen atoms in total. The van der Waals surface area contributed by atoms with Gasteiger partial charge in [-0.25, -0.2) is 4.79 Å². The summed E-state index contributed by atoms with van der Waals surface area (Å²) in [7, 11) is 0. The number of nitrogens with zero attached hydrogens (tertiary/aromatic N) is 1. The van der Waals surface area contributed by atoms with Crippen LogP contribution >= 0.6 is 22.6 Å². The molecule has 2 heterocycles. The van der Waals surface area contributed by atoms with E-state index in [-0.39, 0.29) is 13.0 Å². The molecule has 2 rings (SSSR count). The molecule has 1 saturated heterocycles. The molecular formula is C9H11IN2O5. The normalized spacial score (nSPS) is 28.5. The number of aliphatic hydroxyl groups is 2. The molecule has 0 bridgehead atoms. The molecule has 1 fully saturated rings. The first-order valence-electron chi connectivity index (χ1n) is 4.98. The molecule has 0 radical (unpaired) electrons. The minimum absolute atomic E-state index is 0.202. The first-order chi connectivity index (χ1) is 8.02. The van der Waals surface area contributed by atoms with Gasteiger partial charge in [-0.05, 0) is 22.6 Å². The number of aromatic nitrogens is 2. The highest BCUT2D eigenvalue weighted by molar-refractivity contribution is 14.1. The van der Waals surface area contributed by atoms with E-state index < -0.39 is 29.7 Å². The van der Waals surface area contributed by atoms with Crippen LogP contribution in [-0.4, -0.2) is 38.6 Å².